The lowest BCUT2D eigenvalue weighted by molar-refractivity contribution is 3.76. The van der Waals surface area contributed by atoms with Gasteiger partial charge in [0.15, 0.2) is 0 Å². The molecule has 0 unspecified atom stereocenters. The molecule has 0 saturated heterocycles. The molecule has 0 nitrogen and oxygen atoms in total. The van der Waals surface area contributed by atoms with Gasteiger partial charge in [0.2, 0.25) is 0 Å². The Morgan fingerprint density at radius 1 is 0.818 bits per heavy atom. The molecule has 0 N–H and O–H groups in total. The fraction of sp³-hybridized carbons (Fsp3) is 0. The molecule has 11 heteroatoms. The molecule has 11 heavy (non-hydrogen) atoms. The molecule has 0 aliphatic heterocycles. The van der Waals surface area contributed by atoms with Gasteiger partial charge in [-0.2, -0.15) is 0 Å². The zero-order valence-corrected chi connectivity index (χ0v) is 26.4. The highest BCUT2D eigenvalue weighted by Crippen LogP contribution is 1.62. The Balaban J connectivity index is -0.000000107. The van der Waals surface area contributed by atoms with E-state index in [2.05, 4.69) is 0 Å². The van der Waals surface area contributed by atoms with Crippen molar-refractivity contribution >= 4 is 98.8 Å². The average Bonchev–Trinajstić information content (AvgIpc) is 1.63. The predicted octanol–water partition coefficient (Wildman–Crippen LogP) is -10.6. The lowest BCUT2D eigenvalue weighted by Crippen LogP contribution is -2.38. The molecular weight excluding hydrogens is 292 g/mol. The molecule has 0 aromatic heterocycles. The van der Waals surface area contributed by atoms with Crippen LogP contribution >= 0.6 is 0 Å². The van der Waals surface area contributed by atoms with Crippen LogP contribution in [0.1, 0.15) is 0 Å². The van der Waals surface area contributed by atoms with Crippen molar-refractivity contribution in [3.05, 3.63) is 0 Å². The summed E-state index contributed by atoms with van der Waals surface area (Å²) in [6.07, 6.45) is -0.0556. The Hall–Kier alpha value is 2.23. The molecule has 67 valence electrons. The number of hydrogen-bond acceptors (Lipinski definition) is 0. The Kier molecular flexibility index (Phi) is 21.0. The topological polar surface area (TPSA) is 0 Å². The largest absolute Gasteiger partial charge is 0.0120 e. The highest BCUT2D eigenvalue weighted by Gasteiger charge is 1.99. The second-order valence-electron chi connectivity index (χ2n) is 4.35. The van der Waals surface area contributed by atoms with E-state index in [1.807, 2.05) is 0 Å². The van der Waals surface area contributed by atoms with E-state index in [4.69, 9.17) is 0 Å². The maximum absolute atomic E-state index is 1.66. The summed E-state index contributed by atoms with van der Waals surface area (Å²) in [6, 6.07) is 0. The van der Waals surface area contributed by atoms with E-state index in [1.54, 1.807) is 58.6 Å². The van der Waals surface area contributed by atoms with Crippen LogP contribution in [0.15, 0.2) is 0 Å². The summed E-state index contributed by atoms with van der Waals surface area (Å²) >= 11 is 0. The standard InChI is InChI=1S/B.2H12Si5/c;1-5(2,3)4;1-3-5-4-2/h;1-4H3;3-5H2,1-2H3. The van der Waals surface area contributed by atoms with Gasteiger partial charge >= 0.3 is 0 Å². The molecule has 0 amide bonds. The van der Waals surface area contributed by atoms with Crippen LogP contribution in [0.25, 0.3) is 0 Å². The van der Waals surface area contributed by atoms with E-state index in [0.29, 0.717) is 0 Å². The molecule has 0 fully saturated rings. The molecule has 0 aliphatic carbocycles. The fourth-order valence-electron chi connectivity index (χ4n) is 0.354. The minimum atomic E-state index is -0.0556. The van der Waals surface area contributed by atoms with Gasteiger partial charge in [0, 0.05) is 8.41 Å². The van der Waals surface area contributed by atoms with E-state index in [0.717, 1.165) is 25.7 Å². The zero-order chi connectivity index (χ0) is 8.62. The molecule has 0 bridgehead atoms. The van der Waals surface area contributed by atoms with Gasteiger partial charge in [-0.3, -0.25) is 0 Å². The van der Waals surface area contributed by atoms with Crippen LogP contribution in [-0.2, 0) is 0 Å². The van der Waals surface area contributed by atoms with Gasteiger partial charge in [-0.25, -0.2) is 0 Å². The van der Waals surface area contributed by atoms with E-state index < -0.39 is 0 Å². The summed E-state index contributed by atoms with van der Waals surface area (Å²) in [5.74, 6) is 0. The fourth-order valence-corrected chi connectivity index (χ4v) is 85.9. The van der Waals surface area contributed by atoms with Gasteiger partial charge < -0.3 is 0 Å². The van der Waals surface area contributed by atoms with Gasteiger partial charge in [0.05, 0.1) is 0 Å². The minimum Gasteiger partial charge on any atom is -0.0120 e. The SMILES string of the molecule is [B].[SiH3][SiH2][SiH2][SiH2][SiH3].[SiH3][Si]([SiH3])([SiH3])[SiH3]. The van der Waals surface area contributed by atoms with Gasteiger partial charge in [0.1, 0.15) is 0 Å². The van der Waals surface area contributed by atoms with Crippen molar-refractivity contribution in [1.82, 2.24) is 0 Å². The van der Waals surface area contributed by atoms with Crippen molar-refractivity contribution in [1.29, 1.82) is 0 Å². The van der Waals surface area contributed by atoms with Gasteiger partial charge in [-0.15, -0.1) is 0 Å². The third kappa shape index (κ3) is 71.5. The van der Waals surface area contributed by atoms with Crippen LogP contribution in [0.3, 0.4) is 0 Å². The molecule has 0 spiro atoms. The third-order valence-corrected chi connectivity index (χ3v) is 57.3. The summed E-state index contributed by atoms with van der Waals surface area (Å²) in [6.45, 7) is 0. The first-order chi connectivity index (χ1) is 4.41. The van der Waals surface area contributed by atoms with Crippen molar-refractivity contribution in [3.8, 4) is 0 Å². The van der Waals surface area contributed by atoms with Crippen molar-refractivity contribution < 1.29 is 0 Å². The predicted molar refractivity (Wildman–Crippen MR) is 96.8 cm³/mol. The first-order valence-corrected chi connectivity index (χ1v) is 39.7. The van der Waals surface area contributed by atoms with Crippen LogP contribution in [-0.4, -0.2) is 98.8 Å². The van der Waals surface area contributed by atoms with Gasteiger partial charge in [-0.1, -0.05) is 0 Å². The maximum Gasteiger partial charge on any atom is 0 e. The molecule has 0 saturated carbocycles. The second kappa shape index (κ2) is 12.2. The second-order valence-corrected chi connectivity index (χ2v) is 118. The highest BCUT2D eigenvalue weighted by molar-refractivity contribution is 7.76. The van der Waals surface area contributed by atoms with Crippen molar-refractivity contribution in [2.45, 2.75) is 0 Å². The molecular formula is H24BSi10. The normalized spacial score (nSPS) is 18.5. The van der Waals surface area contributed by atoms with Crippen molar-refractivity contribution in [3.63, 3.8) is 0 Å². The summed E-state index contributed by atoms with van der Waals surface area (Å²) in [7, 11) is 12.2. The quantitative estimate of drug-likeness (QED) is 0.444. The first kappa shape index (κ1) is 18.9. The van der Waals surface area contributed by atoms with E-state index in [1.165, 1.54) is 0 Å². The van der Waals surface area contributed by atoms with Crippen molar-refractivity contribution in [2.24, 2.45) is 0 Å². The average molecular weight is 316 g/mol. The summed E-state index contributed by atoms with van der Waals surface area (Å²) in [5, 5.41) is 0. The Morgan fingerprint density at radius 2 is 1.00 bits per heavy atom. The monoisotopic (exact) mass is 315 g/mol. The van der Waals surface area contributed by atoms with Gasteiger partial charge in [0.25, 0.3) is 0 Å². The van der Waals surface area contributed by atoms with Gasteiger partial charge in [-0.05, 0) is 90.4 Å². The lowest BCUT2D eigenvalue weighted by atomic mass is 10.8. The summed E-state index contributed by atoms with van der Waals surface area (Å²) in [5.41, 5.74) is 0. The van der Waals surface area contributed by atoms with Crippen LogP contribution < -0.4 is 0 Å². The lowest BCUT2D eigenvalue weighted by Gasteiger charge is -2.01. The zero-order valence-electron chi connectivity index (χ0n) is 9.20. The Bertz CT molecular complexity index is 44.4. The van der Waals surface area contributed by atoms with E-state index >= 15 is 0 Å². The number of hydrogen-bond donors (Lipinski definition) is 0. The molecule has 0 rings (SSSR count). The van der Waals surface area contributed by atoms with Crippen LogP contribution in [0.2, 0.25) is 0 Å². The number of rotatable bonds is 2. The summed E-state index contributed by atoms with van der Waals surface area (Å²) in [4.78, 5) is 0. The highest BCUT2D eigenvalue weighted by atomic mass is 30.1. The molecule has 0 atom stereocenters. The molecule has 0 heterocycles. The smallest absolute Gasteiger partial charge is 0 e. The molecule has 0 aromatic carbocycles. The van der Waals surface area contributed by atoms with Crippen LogP contribution in [0, 0.1) is 0 Å². The molecule has 0 aromatic rings. The Morgan fingerprint density at radius 3 is 1.00 bits per heavy atom. The molecule has 3 radical (unpaired) electrons. The van der Waals surface area contributed by atoms with E-state index in [-0.39, 0.29) is 14.6 Å². The molecule has 0 aliphatic rings. The maximum atomic E-state index is 1.66. The third-order valence-electron chi connectivity index (χ3n) is 0.707. The first-order valence-electron chi connectivity index (χ1n) is 4.41. The summed E-state index contributed by atoms with van der Waals surface area (Å²) < 4.78 is 0. The Labute approximate surface area is 98.1 Å². The van der Waals surface area contributed by atoms with Crippen LogP contribution in [0.5, 0.6) is 0 Å². The van der Waals surface area contributed by atoms with Crippen LogP contribution in [0.4, 0.5) is 0 Å². The van der Waals surface area contributed by atoms with E-state index in [9.17, 15) is 0 Å². The van der Waals surface area contributed by atoms with Crippen molar-refractivity contribution in [2.75, 3.05) is 0 Å². The minimum absolute atomic E-state index is 0.